The van der Waals surface area contributed by atoms with Crippen molar-refractivity contribution in [2.75, 3.05) is 0 Å². The molecule has 0 radical (unpaired) electrons. The summed E-state index contributed by atoms with van der Waals surface area (Å²) in [6.45, 7) is 0. The van der Waals surface area contributed by atoms with Gasteiger partial charge in [-0.25, -0.2) is 15.0 Å². The zero-order valence-corrected chi connectivity index (χ0v) is 32.0. The van der Waals surface area contributed by atoms with Crippen molar-refractivity contribution in [1.82, 2.24) is 15.0 Å². The van der Waals surface area contributed by atoms with Crippen LogP contribution in [0.5, 0.6) is 0 Å². The number of hydrogen-bond acceptors (Lipinski definition) is 5. The lowest BCUT2D eigenvalue weighted by atomic mass is 9.67. The fourth-order valence-corrected chi connectivity index (χ4v) is 9.94. The third-order valence-corrected chi connectivity index (χ3v) is 12.6. The second-order valence-corrected chi connectivity index (χ2v) is 15.8. The first-order chi connectivity index (χ1) is 28.7. The van der Waals surface area contributed by atoms with Gasteiger partial charge in [0, 0.05) is 26.5 Å². The Hall–Kier alpha value is -7.39. The first kappa shape index (κ1) is 33.9. The zero-order valence-electron chi connectivity index (χ0n) is 31.2. The molecule has 1 aliphatic carbocycles. The molecule has 0 fully saturated rings. The molecule has 0 unspecified atom stereocenters. The van der Waals surface area contributed by atoms with E-state index in [0.29, 0.717) is 23.0 Å². The quantitative estimate of drug-likeness (QED) is 0.175. The van der Waals surface area contributed by atoms with E-state index in [2.05, 4.69) is 152 Å². The fraction of sp³-hybridized carbons (Fsp3) is 0.0189. The van der Waals surface area contributed by atoms with Gasteiger partial charge in [0.2, 0.25) is 0 Å². The van der Waals surface area contributed by atoms with Crippen molar-refractivity contribution in [3.8, 4) is 73.6 Å². The van der Waals surface area contributed by atoms with Crippen molar-refractivity contribution in [3.63, 3.8) is 0 Å². The van der Waals surface area contributed by atoms with Crippen LogP contribution < -0.4 is 0 Å². The summed E-state index contributed by atoms with van der Waals surface area (Å²) in [5, 5.41) is 9.51. The van der Waals surface area contributed by atoms with Crippen LogP contribution in [0, 0.1) is 11.3 Å². The lowest BCUT2D eigenvalue weighted by Gasteiger charge is -2.39. The van der Waals surface area contributed by atoms with Crippen molar-refractivity contribution < 1.29 is 0 Å². The van der Waals surface area contributed by atoms with Gasteiger partial charge in [-0.1, -0.05) is 169 Å². The standard InChI is InChI=1S/C53H32N4S/c54-33-34-19-21-37(22-20-34)40-27-29-42-43-30-28-41(32-47(43)53(46(42)31-40)44-15-7-9-17-48(44)58-49-18-10-8-16-45(49)53)52-56-50(38-13-5-2-6-14-38)55-51(57-52)39-25-23-36(24-26-39)35-11-3-1-4-12-35/h1-32H. The number of hydrogen-bond donors (Lipinski definition) is 0. The third-order valence-electron chi connectivity index (χ3n) is 11.5. The normalized spacial score (nSPS) is 12.9. The topological polar surface area (TPSA) is 62.5 Å². The van der Waals surface area contributed by atoms with Crippen molar-refractivity contribution in [2.24, 2.45) is 0 Å². The van der Waals surface area contributed by atoms with Crippen molar-refractivity contribution >= 4 is 11.8 Å². The Morgan fingerprint density at radius 3 is 1.34 bits per heavy atom. The average molecular weight is 757 g/mol. The monoisotopic (exact) mass is 756 g/mol. The number of nitrogens with zero attached hydrogens (tertiary/aromatic N) is 4. The first-order valence-corrected chi connectivity index (χ1v) is 20.1. The lowest BCUT2D eigenvalue weighted by molar-refractivity contribution is 0.722. The largest absolute Gasteiger partial charge is 0.208 e. The Labute approximate surface area is 341 Å². The molecule has 0 amide bonds. The molecule has 0 saturated carbocycles. The van der Waals surface area contributed by atoms with E-state index in [1.165, 1.54) is 43.2 Å². The molecule has 2 heterocycles. The summed E-state index contributed by atoms with van der Waals surface area (Å²) < 4.78 is 0. The number of benzene rings is 8. The van der Waals surface area contributed by atoms with Crippen LogP contribution in [0.25, 0.3) is 67.5 Å². The zero-order chi connectivity index (χ0) is 38.6. The number of rotatable bonds is 5. The van der Waals surface area contributed by atoms with E-state index >= 15 is 0 Å². The number of fused-ring (bicyclic) bond motifs is 9. The maximum Gasteiger partial charge on any atom is 0.164 e. The molecule has 0 saturated heterocycles. The van der Waals surface area contributed by atoms with Gasteiger partial charge in [0.05, 0.1) is 17.0 Å². The minimum absolute atomic E-state index is 0.604. The minimum atomic E-state index is -0.604. The van der Waals surface area contributed by atoms with Gasteiger partial charge in [-0.2, -0.15) is 5.26 Å². The molecule has 2 aliphatic rings. The Morgan fingerprint density at radius 2 is 0.759 bits per heavy atom. The maximum atomic E-state index is 9.51. The van der Waals surface area contributed by atoms with Gasteiger partial charge in [-0.3, -0.25) is 0 Å². The highest BCUT2D eigenvalue weighted by Gasteiger charge is 2.50. The average Bonchev–Trinajstić information content (AvgIpc) is 3.58. The molecule has 270 valence electrons. The Kier molecular flexibility index (Phi) is 7.99. The summed E-state index contributed by atoms with van der Waals surface area (Å²) in [4.78, 5) is 17.9. The molecule has 9 aromatic rings. The second-order valence-electron chi connectivity index (χ2n) is 14.7. The van der Waals surface area contributed by atoms with Crippen LogP contribution >= 0.6 is 11.8 Å². The van der Waals surface area contributed by atoms with Crippen LogP contribution in [0.2, 0.25) is 0 Å². The number of nitriles is 1. The third kappa shape index (κ3) is 5.42. The Morgan fingerprint density at radius 1 is 0.362 bits per heavy atom. The summed E-state index contributed by atoms with van der Waals surface area (Å²) >= 11 is 1.83. The highest BCUT2D eigenvalue weighted by Crippen LogP contribution is 2.62. The van der Waals surface area contributed by atoms with E-state index < -0.39 is 5.41 Å². The summed E-state index contributed by atoms with van der Waals surface area (Å²) in [5.74, 6) is 1.87. The second kappa shape index (κ2) is 13.7. The summed E-state index contributed by atoms with van der Waals surface area (Å²) in [7, 11) is 0. The van der Waals surface area contributed by atoms with E-state index in [4.69, 9.17) is 15.0 Å². The van der Waals surface area contributed by atoms with E-state index in [-0.39, 0.29) is 0 Å². The molecule has 1 aliphatic heterocycles. The molecular weight excluding hydrogens is 725 g/mol. The molecule has 8 aromatic carbocycles. The van der Waals surface area contributed by atoms with Crippen LogP contribution in [0.1, 0.15) is 27.8 Å². The SMILES string of the molecule is N#Cc1ccc(-c2ccc3c(c2)C2(c4ccccc4Sc4ccccc42)c2cc(-c4nc(-c5ccccc5)nc(-c5ccc(-c6ccccc6)cc5)n4)ccc2-3)cc1. The Bertz CT molecular complexity index is 3030. The Balaban J connectivity index is 1.13. The molecule has 58 heavy (non-hydrogen) atoms. The summed E-state index contributed by atoms with van der Waals surface area (Å²) in [6.07, 6.45) is 0. The maximum absolute atomic E-state index is 9.51. The van der Waals surface area contributed by atoms with Gasteiger partial charge in [0.25, 0.3) is 0 Å². The van der Waals surface area contributed by atoms with E-state index in [9.17, 15) is 5.26 Å². The molecule has 0 bridgehead atoms. The molecule has 1 aromatic heterocycles. The molecule has 1 spiro atoms. The van der Waals surface area contributed by atoms with Crippen LogP contribution in [0.15, 0.2) is 204 Å². The van der Waals surface area contributed by atoms with Crippen molar-refractivity contribution in [3.05, 3.63) is 222 Å². The summed E-state index contributed by atoms with van der Waals surface area (Å²) in [5.41, 5.74) is 14.7. The van der Waals surface area contributed by atoms with Gasteiger partial charge in [0.1, 0.15) is 0 Å². The van der Waals surface area contributed by atoms with Gasteiger partial charge in [-0.05, 0) is 92.0 Å². The van der Waals surface area contributed by atoms with E-state index in [1.54, 1.807) is 0 Å². The van der Waals surface area contributed by atoms with Crippen LogP contribution in [0.4, 0.5) is 0 Å². The molecule has 11 rings (SSSR count). The van der Waals surface area contributed by atoms with Crippen molar-refractivity contribution in [2.45, 2.75) is 15.2 Å². The molecule has 4 nitrogen and oxygen atoms in total. The van der Waals surface area contributed by atoms with Gasteiger partial charge >= 0.3 is 0 Å². The fourth-order valence-electron chi connectivity index (χ4n) is 8.75. The highest BCUT2D eigenvalue weighted by atomic mass is 32.2. The molecular formula is C53H32N4S. The molecule has 5 heteroatoms. The molecule has 0 N–H and O–H groups in total. The van der Waals surface area contributed by atoms with Gasteiger partial charge < -0.3 is 0 Å². The predicted molar refractivity (Wildman–Crippen MR) is 233 cm³/mol. The van der Waals surface area contributed by atoms with E-state index in [0.717, 1.165) is 38.9 Å². The van der Waals surface area contributed by atoms with Crippen LogP contribution in [-0.2, 0) is 5.41 Å². The van der Waals surface area contributed by atoms with Gasteiger partial charge in [-0.15, -0.1) is 0 Å². The predicted octanol–water partition coefficient (Wildman–Crippen LogP) is 12.9. The van der Waals surface area contributed by atoms with Crippen LogP contribution in [-0.4, -0.2) is 15.0 Å². The van der Waals surface area contributed by atoms with Crippen molar-refractivity contribution in [1.29, 1.82) is 5.26 Å². The minimum Gasteiger partial charge on any atom is -0.208 e. The van der Waals surface area contributed by atoms with Crippen LogP contribution in [0.3, 0.4) is 0 Å². The first-order valence-electron chi connectivity index (χ1n) is 19.3. The molecule has 0 atom stereocenters. The lowest BCUT2D eigenvalue weighted by Crippen LogP contribution is -2.32. The highest BCUT2D eigenvalue weighted by molar-refractivity contribution is 7.99. The number of aromatic nitrogens is 3. The van der Waals surface area contributed by atoms with E-state index in [1.807, 2.05) is 60.3 Å². The van der Waals surface area contributed by atoms with Gasteiger partial charge in [0.15, 0.2) is 17.5 Å². The summed E-state index contributed by atoms with van der Waals surface area (Å²) in [6, 6.07) is 70.4. The smallest absolute Gasteiger partial charge is 0.164 e.